The Morgan fingerprint density at radius 3 is 2.71 bits per heavy atom. The molecule has 0 bridgehead atoms. The second-order valence-electron chi connectivity index (χ2n) is 3.59. The molecule has 2 rings (SSSR count). The molecule has 0 saturated heterocycles. The summed E-state index contributed by atoms with van der Waals surface area (Å²) in [6.07, 6.45) is 1.91. The molecule has 0 aliphatic carbocycles. The van der Waals surface area contributed by atoms with Crippen LogP contribution in [-0.4, -0.2) is 16.5 Å². The van der Waals surface area contributed by atoms with Crippen LogP contribution in [-0.2, 0) is 6.42 Å². The van der Waals surface area contributed by atoms with E-state index < -0.39 is 5.82 Å². The average Bonchev–Trinajstić information content (AvgIpc) is 2.35. The quantitative estimate of drug-likeness (QED) is 0.844. The van der Waals surface area contributed by atoms with E-state index in [1.807, 2.05) is 30.3 Å². The van der Waals surface area contributed by atoms with Crippen LogP contribution >= 0.6 is 0 Å². The van der Waals surface area contributed by atoms with Gasteiger partial charge < -0.3 is 11.1 Å². The first-order chi connectivity index (χ1) is 8.25. The Morgan fingerprint density at radius 2 is 2.00 bits per heavy atom. The Morgan fingerprint density at radius 1 is 1.24 bits per heavy atom. The van der Waals surface area contributed by atoms with Gasteiger partial charge in [-0.25, -0.2) is 9.37 Å². The molecule has 0 radical (unpaired) electrons. The minimum Gasteiger partial charge on any atom is -0.381 e. The van der Waals surface area contributed by atoms with Gasteiger partial charge in [-0.1, -0.05) is 30.3 Å². The van der Waals surface area contributed by atoms with Gasteiger partial charge in [-0.2, -0.15) is 4.98 Å². The standard InChI is InChI=1S/C12H13FN4/c13-10-8-16-12(17-11(10)14)15-7-6-9-4-2-1-3-5-9/h1-5,8H,6-7H2,(H3,14,15,16,17). The number of nitrogen functional groups attached to an aromatic ring is 1. The maximum absolute atomic E-state index is 12.8. The SMILES string of the molecule is Nc1nc(NCCc2ccccc2)ncc1F. The Labute approximate surface area is 98.7 Å². The first-order valence-electron chi connectivity index (χ1n) is 5.31. The number of halogens is 1. The number of nitrogens with one attached hydrogen (secondary N) is 1. The highest BCUT2D eigenvalue weighted by molar-refractivity contribution is 5.36. The molecule has 0 aliphatic heterocycles. The number of hydrogen-bond acceptors (Lipinski definition) is 4. The van der Waals surface area contributed by atoms with Gasteiger partial charge in [0.25, 0.3) is 0 Å². The van der Waals surface area contributed by atoms with Gasteiger partial charge in [0.05, 0.1) is 6.20 Å². The summed E-state index contributed by atoms with van der Waals surface area (Å²) >= 11 is 0. The molecule has 0 aliphatic rings. The molecule has 0 spiro atoms. The van der Waals surface area contributed by atoms with Crippen molar-refractivity contribution in [3.63, 3.8) is 0 Å². The van der Waals surface area contributed by atoms with Crippen molar-refractivity contribution < 1.29 is 4.39 Å². The maximum Gasteiger partial charge on any atom is 0.224 e. The fraction of sp³-hybridized carbons (Fsp3) is 0.167. The fourth-order valence-electron chi connectivity index (χ4n) is 1.43. The first kappa shape index (κ1) is 11.3. The van der Waals surface area contributed by atoms with E-state index >= 15 is 0 Å². The van der Waals surface area contributed by atoms with Crippen LogP contribution in [0, 0.1) is 5.82 Å². The molecule has 0 amide bonds. The molecule has 1 heterocycles. The third-order valence-corrected chi connectivity index (χ3v) is 2.31. The molecule has 4 nitrogen and oxygen atoms in total. The van der Waals surface area contributed by atoms with E-state index in [1.165, 1.54) is 5.56 Å². The summed E-state index contributed by atoms with van der Waals surface area (Å²) in [5, 5.41) is 2.99. The van der Waals surface area contributed by atoms with Gasteiger partial charge in [0.1, 0.15) is 0 Å². The highest BCUT2D eigenvalue weighted by atomic mass is 19.1. The van der Waals surface area contributed by atoms with Crippen molar-refractivity contribution in [3.8, 4) is 0 Å². The number of benzene rings is 1. The number of hydrogen-bond donors (Lipinski definition) is 2. The Bertz CT molecular complexity index is 487. The number of anilines is 2. The summed E-state index contributed by atoms with van der Waals surface area (Å²) in [7, 11) is 0. The van der Waals surface area contributed by atoms with Crippen molar-refractivity contribution in [1.29, 1.82) is 0 Å². The predicted molar refractivity (Wildman–Crippen MR) is 65.0 cm³/mol. The van der Waals surface area contributed by atoms with Gasteiger partial charge in [-0.05, 0) is 12.0 Å². The minimum absolute atomic E-state index is 0.137. The Balaban J connectivity index is 1.88. The van der Waals surface area contributed by atoms with Crippen molar-refractivity contribution in [2.45, 2.75) is 6.42 Å². The lowest BCUT2D eigenvalue weighted by Crippen LogP contribution is -2.09. The molecule has 2 aromatic rings. The largest absolute Gasteiger partial charge is 0.381 e. The normalized spacial score (nSPS) is 10.2. The molecule has 1 aromatic heterocycles. The van der Waals surface area contributed by atoms with Gasteiger partial charge in [-0.3, -0.25) is 0 Å². The molecular weight excluding hydrogens is 219 g/mol. The predicted octanol–water partition coefficient (Wildman–Crippen LogP) is 1.85. The van der Waals surface area contributed by atoms with Gasteiger partial charge in [0, 0.05) is 6.54 Å². The van der Waals surface area contributed by atoms with E-state index in [9.17, 15) is 4.39 Å². The zero-order valence-electron chi connectivity index (χ0n) is 9.23. The molecule has 1 aromatic carbocycles. The number of aromatic nitrogens is 2. The highest BCUT2D eigenvalue weighted by Gasteiger charge is 2.02. The summed E-state index contributed by atoms with van der Waals surface area (Å²) in [6, 6.07) is 10.0. The maximum atomic E-state index is 12.8. The zero-order valence-corrected chi connectivity index (χ0v) is 9.23. The van der Waals surface area contributed by atoms with Gasteiger partial charge in [-0.15, -0.1) is 0 Å². The third kappa shape index (κ3) is 3.14. The second-order valence-corrected chi connectivity index (χ2v) is 3.59. The van der Waals surface area contributed by atoms with E-state index in [1.54, 1.807) is 0 Å². The molecule has 0 unspecified atom stereocenters. The molecule has 17 heavy (non-hydrogen) atoms. The number of nitrogens with two attached hydrogens (primary N) is 1. The van der Waals surface area contributed by atoms with Crippen molar-refractivity contribution >= 4 is 11.8 Å². The molecule has 0 fully saturated rings. The van der Waals surface area contributed by atoms with Crippen molar-refractivity contribution in [2.24, 2.45) is 0 Å². The molecule has 0 saturated carbocycles. The highest BCUT2D eigenvalue weighted by Crippen LogP contribution is 2.07. The summed E-state index contributed by atoms with van der Waals surface area (Å²) in [5.41, 5.74) is 6.56. The van der Waals surface area contributed by atoms with Crippen LogP contribution in [0.4, 0.5) is 16.2 Å². The minimum atomic E-state index is -0.599. The van der Waals surface area contributed by atoms with Crippen LogP contribution in [0.25, 0.3) is 0 Å². The topological polar surface area (TPSA) is 63.8 Å². The number of nitrogens with zero attached hydrogens (tertiary/aromatic N) is 2. The van der Waals surface area contributed by atoms with Crippen LogP contribution in [0.5, 0.6) is 0 Å². The van der Waals surface area contributed by atoms with E-state index in [0.717, 1.165) is 12.6 Å². The molecular formula is C12H13FN4. The average molecular weight is 232 g/mol. The van der Waals surface area contributed by atoms with Crippen LogP contribution < -0.4 is 11.1 Å². The van der Waals surface area contributed by atoms with Gasteiger partial charge in [0.2, 0.25) is 5.95 Å². The molecule has 88 valence electrons. The third-order valence-electron chi connectivity index (χ3n) is 2.31. The summed E-state index contributed by atoms with van der Waals surface area (Å²) in [6.45, 7) is 0.676. The fourth-order valence-corrected chi connectivity index (χ4v) is 1.43. The van der Waals surface area contributed by atoms with E-state index in [-0.39, 0.29) is 5.82 Å². The smallest absolute Gasteiger partial charge is 0.224 e. The van der Waals surface area contributed by atoms with Gasteiger partial charge >= 0.3 is 0 Å². The molecule has 3 N–H and O–H groups in total. The summed E-state index contributed by atoms with van der Waals surface area (Å²) in [4.78, 5) is 7.58. The van der Waals surface area contributed by atoms with Crippen molar-refractivity contribution in [1.82, 2.24) is 9.97 Å². The second kappa shape index (κ2) is 5.25. The lowest BCUT2D eigenvalue weighted by Gasteiger charge is -2.05. The Hall–Kier alpha value is -2.17. The van der Waals surface area contributed by atoms with Crippen LogP contribution in [0.1, 0.15) is 5.56 Å². The molecule has 5 heteroatoms. The van der Waals surface area contributed by atoms with Crippen LogP contribution in [0.2, 0.25) is 0 Å². The summed E-state index contributed by atoms with van der Waals surface area (Å²) < 4.78 is 12.8. The Kier molecular flexibility index (Phi) is 3.49. The van der Waals surface area contributed by atoms with Crippen molar-refractivity contribution in [2.75, 3.05) is 17.6 Å². The molecule has 0 atom stereocenters. The zero-order chi connectivity index (χ0) is 12.1. The lowest BCUT2D eigenvalue weighted by molar-refractivity contribution is 0.620. The van der Waals surface area contributed by atoms with Crippen LogP contribution in [0.3, 0.4) is 0 Å². The van der Waals surface area contributed by atoms with Crippen LogP contribution in [0.15, 0.2) is 36.5 Å². The van der Waals surface area contributed by atoms with E-state index in [0.29, 0.717) is 12.5 Å². The van der Waals surface area contributed by atoms with Crippen molar-refractivity contribution in [3.05, 3.63) is 47.9 Å². The first-order valence-corrected chi connectivity index (χ1v) is 5.31. The number of rotatable bonds is 4. The monoisotopic (exact) mass is 232 g/mol. The van der Waals surface area contributed by atoms with Gasteiger partial charge in [0.15, 0.2) is 11.6 Å². The summed E-state index contributed by atoms with van der Waals surface area (Å²) in [5.74, 6) is -0.388. The lowest BCUT2D eigenvalue weighted by atomic mass is 10.1. The van der Waals surface area contributed by atoms with E-state index in [4.69, 9.17) is 5.73 Å². The van der Waals surface area contributed by atoms with E-state index in [2.05, 4.69) is 15.3 Å².